The van der Waals surface area contributed by atoms with Crippen LogP contribution in [0.5, 0.6) is 0 Å². The normalized spacial score (nSPS) is 10.5. The van der Waals surface area contributed by atoms with Crippen LogP contribution in [-0.2, 0) is 0 Å². The predicted molar refractivity (Wildman–Crippen MR) is 77.7 cm³/mol. The van der Waals surface area contributed by atoms with E-state index in [0.29, 0.717) is 23.6 Å². The molecule has 0 unspecified atom stereocenters. The number of nitrogens with one attached hydrogen (secondary N) is 1. The third kappa shape index (κ3) is 2.96. The average Bonchev–Trinajstić information content (AvgIpc) is 2.41. The van der Waals surface area contributed by atoms with Gasteiger partial charge in [0.1, 0.15) is 11.5 Å². The molecular formula is C14H15FN4O2. The maximum atomic E-state index is 13.4. The third-order valence-electron chi connectivity index (χ3n) is 3.01. The highest BCUT2D eigenvalue weighted by molar-refractivity contribution is 5.72. The summed E-state index contributed by atoms with van der Waals surface area (Å²) in [6.07, 6.45) is 0. The van der Waals surface area contributed by atoms with Crippen LogP contribution < -0.4 is 5.32 Å². The van der Waals surface area contributed by atoms with Gasteiger partial charge in [0, 0.05) is 12.1 Å². The minimum absolute atomic E-state index is 0.164. The van der Waals surface area contributed by atoms with E-state index in [0.717, 1.165) is 0 Å². The molecule has 1 aromatic heterocycles. The Hall–Kier alpha value is -2.57. The molecule has 0 spiro atoms. The van der Waals surface area contributed by atoms with Crippen molar-refractivity contribution in [2.75, 3.05) is 11.9 Å². The van der Waals surface area contributed by atoms with E-state index < -0.39 is 4.92 Å². The molecule has 7 heteroatoms. The second-order valence-electron chi connectivity index (χ2n) is 4.58. The lowest BCUT2D eigenvalue weighted by Gasteiger charge is -2.09. The summed E-state index contributed by atoms with van der Waals surface area (Å²) in [7, 11) is 0. The summed E-state index contributed by atoms with van der Waals surface area (Å²) in [5.74, 6) is -0.0448. The highest BCUT2D eigenvalue weighted by Crippen LogP contribution is 2.31. The Kier molecular flexibility index (Phi) is 4.11. The number of halogens is 1. The van der Waals surface area contributed by atoms with Gasteiger partial charge in [-0.1, -0.05) is 0 Å². The summed E-state index contributed by atoms with van der Waals surface area (Å²) >= 11 is 0. The van der Waals surface area contributed by atoms with Crippen LogP contribution in [0.1, 0.15) is 18.2 Å². The van der Waals surface area contributed by atoms with E-state index >= 15 is 0 Å². The van der Waals surface area contributed by atoms with Crippen molar-refractivity contribution in [3.05, 3.63) is 45.4 Å². The molecule has 0 aliphatic rings. The quantitative estimate of drug-likeness (QED) is 0.690. The summed E-state index contributed by atoms with van der Waals surface area (Å²) in [6, 6.07) is 4.30. The van der Waals surface area contributed by atoms with Crippen molar-refractivity contribution in [1.82, 2.24) is 9.97 Å². The zero-order valence-corrected chi connectivity index (χ0v) is 12.0. The van der Waals surface area contributed by atoms with E-state index in [4.69, 9.17) is 0 Å². The first-order valence-corrected chi connectivity index (χ1v) is 6.47. The second kappa shape index (κ2) is 5.82. The number of hydrogen-bond donors (Lipinski definition) is 1. The second-order valence-corrected chi connectivity index (χ2v) is 4.58. The number of nitrogens with zero attached hydrogens (tertiary/aromatic N) is 3. The van der Waals surface area contributed by atoms with Crippen molar-refractivity contribution < 1.29 is 9.31 Å². The van der Waals surface area contributed by atoms with Gasteiger partial charge in [0.25, 0.3) is 0 Å². The molecule has 6 nitrogen and oxygen atoms in total. The molecule has 1 N–H and O–H groups in total. The fraction of sp³-hybridized carbons (Fsp3) is 0.286. The van der Waals surface area contributed by atoms with Gasteiger partial charge in [-0.3, -0.25) is 10.1 Å². The molecule has 2 aromatic rings. The Morgan fingerprint density at radius 1 is 1.33 bits per heavy atom. The zero-order chi connectivity index (χ0) is 15.6. The number of nitro groups is 1. The summed E-state index contributed by atoms with van der Waals surface area (Å²) in [6.45, 7) is 5.63. The van der Waals surface area contributed by atoms with Crippen molar-refractivity contribution in [3.63, 3.8) is 0 Å². The highest BCUT2D eigenvalue weighted by atomic mass is 19.1. The summed E-state index contributed by atoms with van der Waals surface area (Å²) in [4.78, 5) is 19.0. The van der Waals surface area contributed by atoms with Crippen LogP contribution in [-0.4, -0.2) is 21.4 Å². The SMILES string of the molecule is CCNc1nc(C)c([N+](=O)[O-])c(-c2ccc(F)c(C)c2)n1. The standard InChI is InChI=1S/C14H15FN4O2/c1-4-16-14-17-9(3)13(19(20)21)12(18-14)10-5-6-11(15)8(2)7-10/h5-7H,4H2,1-3H3,(H,16,17,18). The number of hydrogen-bond acceptors (Lipinski definition) is 5. The molecule has 2 rings (SSSR count). The molecule has 0 saturated heterocycles. The monoisotopic (exact) mass is 290 g/mol. The van der Waals surface area contributed by atoms with Gasteiger partial charge in [-0.05, 0) is 44.5 Å². The van der Waals surface area contributed by atoms with Gasteiger partial charge in [0.05, 0.1) is 4.92 Å². The summed E-state index contributed by atoms with van der Waals surface area (Å²) < 4.78 is 13.4. The van der Waals surface area contributed by atoms with Gasteiger partial charge in [-0.15, -0.1) is 0 Å². The minimum atomic E-state index is -0.515. The largest absolute Gasteiger partial charge is 0.354 e. The number of aromatic nitrogens is 2. The minimum Gasteiger partial charge on any atom is -0.354 e. The lowest BCUT2D eigenvalue weighted by molar-refractivity contribution is -0.385. The molecule has 1 heterocycles. The molecule has 0 atom stereocenters. The molecule has 0 fully saturated rings. The van der Waals surface area contributed by atoms with E-state index in [1.807, 2.05) is 6.92 Å². The predicted octanol–water partition coefficient (Wildman–Crippen LogP) is 3.24. The van der Waals surface area contributed by atoms with Gasteiger partial charge in [-0.25, -0.2) is 14.4 Å². The van der Waals surface area contributed by atoms with Crippen molar-refractivity contribution in [3.8, 4) is 11.3 Å². The Morgan fingerprint density at radius 2 is 2.05 bits per heavy atom. The van der Waals surface area contributed by atoms with E-state index in [-0.39, 0.29) is 22.9 Å². The number of rotatable bonds is 4. The smallest absolute Gasteiger partial charge is 0.316 e. The van der Waals surface area contributed by atoms with Crippen LogP contribution in [0.25, 0.3) is 11.3 Å². The van der Waals surface area contributed by atoms with Crippen LogP contribution in [0.15, 0.2) is 18.2 Å². The Labute approximate surface area is 121 Å². The molecule has 1 aromatic carbocycles. The molecule has 0 radical (unpaired) electrons. The number of anilines is 1. The first-order valence-electron chi connectivity index (χ1n) is 6.47. The molecular weight excluding hydrogens is 275 g/mol. The first-order chi connectivity index (χ1) is 9.93. The Morgan fingerprint density at radius 3 is 2.62 bits per heavy atom. The maximum Gasteiger partial charge on any atom is 0.316 e. The van der Waals surface area contributed by atoms with Gasteiger partial charge in [0.2, 0.25) is 5.95 Å². The van der Waals surface area contributed by atoms with E-state index in [1.54, 1.807) is 19.9 Å². The third-order valence-corrected chi connectivity index (χ3v) is 3.01. The van der Waals surface area contributed by atoms with E-state index in [2.05, 4.69) is 15.3 Å². The lowest BCUT2D eigenvalue weighted by Crippen LogP contribution is -2.07. The topological polar surface area (TPSA) is 81.0 Å². The molecule has 0 bridgehead atoms. The zero-order valence-electron chi connectivity index (χ0n) is 12.0. The van der Waals surface area contributed by atoms with Crippen LogP contribution in [0.2, 0.25) is 0 Å². The molecule has 0 aliphatic carbocycles. The van der Waals surface area contributed by atoms with E-state index in [9.17, 15) is 14.5 Å². The van der Waals surface area contributed by atoms with Gasteiger partial charge in [0.15, 0.2) is 5.69 Å². The highest BCUT2D eigenvalue weighted by Gasteiger charge is 2.23. The van der Waals surface area contributed by atoms with Gasteiger partial charge < -0.3 is 5.32 Å². The fourth-order valence-corrected chi connectivity index (χ4v) is 2.02. The molecule has 0 aliphatic heterocycles. The summed E-state index contributed by atoms with van der Waals surface area (Å²) in [5.41, 5.74) is 1.19. The van der Waals surface area contributed by atoms with E-state index in [1.165, 1.54) is 12.1 Å². The van der Waals surface area contributed by atoms with Crippen molar-refractivity contribution >= 4 is 11.6 Å². The number of aryl methyl sites for hydroxylation is 2. The van der Waals surface area contributed by atoms with Crippen LogP contribution in [0.3, 0.4) is 0 Å². The Balaban J connectivity index is 2.68. The molecule has 0 saturated carbocycles. The fourth-order valence-electron chi connectivity index (χ4n) is 2.02. The van der Waals surface area contributed by atoms with Crippen LogP contribution >= 0.6 is 0 Å². The molecule has 110 valence electrons. The van der Waals surface area contributed by atoms with Gasteiger partial charge in [-0.2, -0.15) is 0 Å². The van der Waals surface area contributed by atoms with Crippen molar-refractivity contribution in [2.45, 2.75) is 20.8 Å². The summed E-state index contributed by atoms with van der Waals surface area (Å²) in [5, 5.41) is 14.2. The number of benzene rings is 1. The van der Waals surface area contributed by atoms with Crippen LogP contribution in [0, 0.1) is 29.8 Å². The van der Waals surface area contributed by atoms with Gasteiger partial charge >= 0.3 is 5.69 Å². The molecule has 21 heavy (non-hydrogen) atoms. The first kappa shape index (κ1) is 14.8. The van der Waals surface area contributed by atoms with Crippen molar-refractivity contribution in [2.24, 2.45) is 0 Å². The lowest BCUT2D eigenvalue weighted by atomic mass is 10.1. The maximum absolute atomic E-state index is 13.4. The molecule has 0 amide bonds. The average molecular weight is 290 g/mol. The Bertz CT molecular complexity index is 704. The van der Waals surface area contributed by atoms with Crippen LogP contribution in [0.4, 0.5) is 16.0 Å². The van der Waals surface area contributed by atoms with Crippen molar-refractivity contribution in [1.29, 1.82) is 0 Å².